The fraction of sp³-hybridized carbons (Fsp3) is 0. The molecule has 0 saturated carbocycles. The van der Waals surface area contributed by atoms with Crippen LogP contribution in [0.2, 0.25) is 0 Å². The highest BCUT2D eigenvalue weighted by molar-refractivity contribution is 6.48. The lowest BCUT2D eigenvalue weighted by Gasteiger charge is -2.14. The van der Waals surface area contributed by atoms with Crippen molar-refractivity contribution in [2.45, 2.75) is 0 Å². The summed E-state index contributed by atoms with van der Waals surface area (Å²) in [5.74, 6) is -2.17. The summed E-state index contributed by atoms with van der Waals surface area (Å²) in [7, 11) is 0. The summed E-state index contributed by atoms with van der Waals surface area (Å²) in [6.45, 7) is 0. The minimum absolute atomic E-state index is 0.0126. The summed E-state index contributed by atoms with van der Waals surface area (Å²) in [6.07, 6.45) is 5.95. The zero-order valence-electron chi connectivity index (χ0n) is 11.6. The molecule has 1 aliphatic carbocycles. The smallest absolute Gasteiger partial charge is 0.321 e. The van der Waals surface area contributed by atoms with Crippen LogP contribution in [-0.4, -0.2) is 32.7 Å². The van der Waals surface area contributed by atoms with E-state index in [-0.39, 0.29) is 22.4 Å². The molecule has 2 aliphatic heterocycles. The van der Waals surface area contributed by atoms with E-state index in [0.29, 0.717) is 10.6 Å². The highest BCUT2D eigenvalue weighted by atomic mass is 35.5. The van der Waals surface area contributed by atoms with Gasteiger partial charge in [-0.05, 0) is 12.2 Å². The summed E-state index contributed by atoms with van der Waals surface area (Å²) in [6, 6.07) is 0. The van der Waals surface area contributed by atoms with Gasteiger partial charge in [-0.1, -0.05) is 11.6 Å². The molecule has 10 nitrogen and oxygen atoms in total. The molecule has 0 fully saturated rings. The predicted molar refractivity (Wildman–Crippen MR) is 78.6 cm³/mol. The number of rotatable bonds is 2. The molecular weight excluding hydrogens is 344 g/mol. The molecule has 0 unspecified atom stereocenters. The lowest BCUT2D eigenvalue weighted by Crippen LogP contribution is -2.25. The average Bonchev–Trinajstić information content (AvgIpc) is 3.02. The number of carbonyl (C=O) groups excluding carboxylic acids is 2. The number of hydrogen-bond donors (Lipinski definition) is 2. The van der Waals surface area contributed by atoms with Crippen LogP contribution in [0.15, 0.2) is 63.3 Å². The van der Waals surface area contributed by atoms with Gasteiger partial charge < -0.3 is 4.84 Å². The van der Waals surface area contributed by atoms with Gasteiger partial charge in [-0.25, -0.2) is 10.5 Å². The van der Waals surface area contributed by atoms with Crippen LogP contribution in [0.4, 0.5) is 0 Å². The fourth-order valence-electron chi connectivity index (χ4n) is 1.95. The quantitative estimate of drug-likeness (QED) is 0.244. The Morgan fingerprint density at radius 3 is 2.75 bits per heavy atom. The summed E-state index contributed by atoms with van der Waals surface area (Å²) < 4.78 is 0. The second-order valence-electron chi connectivity index (χ2n) is 4.63. The number of ketones is 2. The van der Waals surface area contributed by atoms with Crippen LogP contribution in [0.25, 0.3) is 0 Å². The third-order valence-electron chi connectivity index (χ3n) is 3.10. The molecule has 0 bridgehead atoms. The number of aliphatic imine (C=N–C) groups is 1. The molecule has 0 aromatic carbocycles. The summed E-state index contributed by atoms with van der Waals surface area (Å²) in [4.78, 5) is 42.0. The molecule has 3 rings (SSSR count). The summed E-state index contributed by atoms with van der Waals surface area (Å²) in [5, 5.41) is 20.8. The van der Waals surface area contributed by atoms with Crippen molar-refractivity contribution in [3.63, 3.8) is 0 Å². The molecule has 0 radical (unpaired) electrons. The topological polar surface area (TPSA) is 134 Å². The third kappa shape index (κ3) is 2.71. The number of nitro groups is 1. The van der Waals surface area contributed by atoms with Crippen molar-refractivity contribution in [1.82, 2.24) is 10.5 Å². The van der Waals surface area contributed by atoms with Gasteiger partial charge in [0.15, 0.2) is 5.82 Å². The molecule has 0 spiro atoms. The first-order chi connectivity index (χ1) is 11.4. The van der Waals surface area contributed by atoms with Crippen LogP contribution >= 0.6 is 11.6 Å². The van der Waals surface area contributed by atoms with E-state index in [2.05, 4.69) is 10.5 Å². The molecular formula is C13H7ClN4O6. The first kappa shape index (κ1) is 15.6. The molecule has 0 aromatic rings. The van der Waals surface area contributed by atoms with Crippen LogP contribution in [-0.2, 0) is 14.4 Å². The van der Waals surface area contributed by atoms with E-state index in [9.17, 15) is 24.9 Å². The van der Waals surface area contributed by atoms with Gasteiger partial charge in [0, 0.05) is 23.9 Å². The molecule has 122 valence electrons. The normalized spacial score (nSPS) is 23.2. The van der Waals surface area contributed by atoms with Gasteiger partial charge in [-0.2, -0.15) is 4.99 Å². The highest BCUT2D eigenvalue weighted by Gasteiger charge is 2.34. The van der Waals surface area contributed by atoms with E-state index >= 15 is 0 Å². The van der Waals surface area contributed by atoms with E-state index in [1.165, 1.54) is 18.4 Å². The van der Waals surface area contributed by atoms with Crippen LogP contribution in [0.3, 0.4) is 0 Å². The largest absolute Gasteiger partial charge is 0.359 e. The molecule has 0 atom stereocenters. The Morgan fingerprint density at radius 1 is 1.33 bits per heavy atom. The number of hydroxylamine groups is 3. The van der Waals surface area contributed by atoms with Crippen LogP contribution in [0.1, 0.15) is 0 Å². The maximum atomic E-state index is 11.6. The van der Waals surface area contributed by atoms with Crippen molar-refractivity contribution in [2.24, 2.45) is 4.99 Å². The van der Waals surface area contributed by atoms with Gasteiger partial charge in [-0.3, -0.25) is 24.9 Å². The number of nitrogens with zero attached hydrogens (tertiary/aromatic N) is 3. The first-order valence-corrected chi connectivity index (χ1v) is 6.71. The molecule has 11 heteroatoms. The highest BCUT2D eigenvalue weighted by Crippen LogP contribution is 2.24. The van der Waals surface area contributed by atoms with E-state index in [1.807, 2.05) is 0 Å². The predicted octanol–water partition coefficient (Wildman–Crippen LogP) is 0.669. The van der Waals surface area contributed by atoms with Crippen molar-refractivity contribution in [2.75, 3.05) is 0 Å². The first-order valence-electron chi connectivity index (χ1n) is 6.33. The Morgan fingerprint density at radius 2 is 2.08 bits per heavy atom. The minimum atomic E-state index is -1.21. The van der Waals surface area contributed by atoms with Crippen molar-refractivity contribution < 1.29 is 24.6 Å². The second kappa shape index (κ2) is 5.76. The summed E-state index contributed by atoms with van der Waals surface area (Å²) in [5.41, 5.74) is 2.04. The van der Waals surface area contributed by atoms with Crippen LogP contribution in [0.5, 0.6) is 0 Å². The van der Waals surface area contributed by atoms with Crippen molar-refractivity contribution >= 4 is 29.1 Å². The molecule has 0 aromatic heterocycles. The van der Waals surface area contributed by atoms with E-state index < -0.39 is 22.2 Å². The minimum Gasteiger partial charge on any atom is -0.359 e. The zero-order chi connectivity index (χ0) is 17.4. The molecule has 3 aliphatic rings. The Balaban J connectivity index is 1.96. The number of Topliss-reactive ketones (excluding diaryl/α,β-unsaturated/α-hetero) is 1. The Bertz CT molecular complexity index is 864. The number of allylic oxidation sites excluding steroid dienone is 5. The number of halogens is 1. The SMILES string of the molecule is O=C1C=C(C2=N/C(=C3/C=CN(O)C(Cl)=C3)NO2)C=C([N+](=O)[O-])C1=O. The maximum absolute atomic E-state index is 11.6. The van der Waals surface area contributed by atoms with E-state index in [4.69, 9.17) is 16.4 Å². The lowest BCUT2D eigenvalue weighted by molar-refractivity contribution is -0.418. The average molecular weight is 351 g/mol. The van der Waals surface area contributed by atoms with Crippen molar-refractivity contribution in [3.05, 3.63) is 68.4 Å². The van der Waals surface area contributed by atoms with Crippen LogP contribution < -0.4 is 5.48 Å². The Kier molecular flexibility index (Phi) is 3.75. The van der Waals surface area contributed by atoms with Gasteiger partial charge in [-0.15, -0.1) is 0 Å². The second-order valence-corrected chi connectivity index (χ2v) is 5.02. The van der Waals surface area contributed by atoms with E-state index in [0.717, 1.165) is 12.2 Å². The fourth-order valence-corrected chi connectivity index (χ4v) is 2.12. The zero-order valence-corrected chi connectivity index (χ0v) is 12.4. The maximum Gasteiger partial charge on any atom is 0.321 e. The van der Waals surface area contributed by atoms with Gasteiger partial charge in [0.2, 0.25) is 5.78 Å². The van der Waals surface area contributed by atoms with Gasteiger partial charge in [0.25, 0.3) is 5.90 Å². The standard InChI is InChI=1S/C13H7ClN4O6/c14-10-5-6(1-2-17(10)21)12-15-13(24-16-12)7-3-8(18(22)23)11(20)9(19)4-7/h1-5,16,21H/b12-6+. The Hall–Kier alpha value is -3.24. The van der Waals surface area contributed by atoms with Crippen molar-refractivity contribution in [3.8, 4) is 0 Å². The lowest BCUT2D eigenvalue weighted by atomic mass is 10.0. The number of hydrogen-bond acceptors (Lipinski definition) is 9. The Labute approximate surface area is 138 Å². The number of carbonyl (C=O) groups is 2. The molecule has 24 heavy (non-hydrogen) atoms. The van der Waals surface area contributed by atoms with Crippen molar-refractivity contribution in [1.29, 1.82) is 0 Å². The molecule has 0 saturated heterocycles. The molecule has 2 heterocycles. The van der Waals surface area contributed by atoms with Gasteiger partial charge in [0.05, 0.1) is 10.5 Å². The monoisotopic (exact) mass is 350 g/mol. The van der Waals surface area contributed by atoms with Crippen LogP contribution in [0, 0.1) is 10.1 Å². The third-order valence-corrected chi connectivity index (χ3v) is 3.38. The number of nitrogens with one attached hydrogen (secondary N) is 1. The summed E-state index contributed by atoms with van der Waals surface area (Å²) >= 11 is 5.77. The van der Waals surface area contributed by atoms with E-state index in [1.54, 1.807) is 0 Å². The molecule has 0 amide bonds. The van der Waals surface area contributed by atoms with Gasteiger partial charge >= 0.3 is 11.5 Å². The molecule has 2 N–H and O–H groups in total. The van der Waals surface area contributed by atoms with Gasteiger partial charge in [0.1, 0.15) is 5.16 Å².